The molecule has 0 aromatic heterocycles. The van der Waals surface area contributed by atoms with Gasteiger partial charge in [-0.2, -0.15) is 0 Å². The van der Waals surface area contributed by atoms with Gasteiger partial charge in [0.05, 0.1) is 0 Å². The summed E-state index contributed by atoms with van der Waals surface area (Å²) in [4.78, 5) is 3.79. The average molecular weight is 323 g/mol. The van der Waals surface area contributed by atoms with E-state index in [9.17, 15) is 0 Å². The quantitative estimate of drug-likeness (QED) is 0.324. The van der Waals surface area contributed by atoms with Crippen molar-refractivity contribution >= 4 is 54.7 Å². The predicted octanol–water partition coefficient (Wildman–Crippen LogP) is -0.825. The van der Waals surface area contributed by atoms with Crippen LogP contribution in [0.4, 0.5) is 0 Å². The van der Waals surface area contributed by atoms with E-state index in [0.29, 0.717) is 0 Å². The van der Waals surface area contributed by atoms with Gasteiger partial charge in [0.2, 0.25) is 0 Å². The van der Waals surface area contributed by atoms with Crippen LogP contribution in [0.3, 0.4) is 0 Å². The van der Waals surface area contributed by atoms with Crippen LogP contribution in [0.1, 0.15) is 1.43 Å². The number of nitrogens with zero attached hydrogens (tertiary/aromatic N) is 2. The van der Waals surface area contributed by atoms with Gasteiger partial charge in [-0.1, -0.05) is 24.4 Å². The van der Waals surface area contributed by atoms with Crippen molar-refractivity contribution in [3.8, 4) is 0 Å². The monoisotopic (exact) mass is 323 g/mol. The third kappa shape index (κ3) is 10.5. The van der Waals surface area contributed by atoms with Gasteiger partial charge in [-0.05, 0) is 21.6 Å². The van der Waals surface area contributed by atoms with Gasteiger partial charge in [0.15, 0.2) is 0 Å². The molecule has 0 saturated carbocycles. The third-order valence-corrected chi connectivity index (χ3v) is 5.07. The van der Waals surface area contributed by atoms with Crippen LogP contribution >= 0.6 is 46.0 Å². The normalized spacial score (nSPS) is 8.00. The summed E-state index contributed by atoms with van der Waals surface area (Å²) in [5.74, 6) is 0. The first-order chi connectivity index (χ1) is 5.45. The van der Waals surface area contributed by atoms with Crippen molar-refractivity contribution in [1.29, 1.82) is 0 Å². The van der Waals surface area contributed by atoms with Gasteiger partial charge in [0.25, 0.3) is 0 Å². The van der Waals surface area contributed by atoms with Crippen molar-refractivity contribution in [3.05, 3.63) is 0 Å². The summed E-state index contributed by atoms with van der Waals surface area (Å²) in [6.07, 6.45) is 0. The first-order valence-corrected chi connectivity index (χ1v) is 6.19. The molecule has 0 atom stereocenters. The van der Waals surface area contributed by atoms with E-state index in [4.69, 9.17) is 24.4 Å². The molecule has 0 aliphatic rings. The molecule has 0 spiro atoms. The standard InChI is InChI=1S/C6H12N2S4.Co.Na.H/c1-7(2)5(9)11-12-6(10)8(3)4;;;/h1-4H3;;;/q;;+1;-1. The fraction of sp³-hybridized carbons (Fsp3) is 0.667. The molecule has 0 bridgehead atoms. The first-order valence-electron chi connectivity index (χ1n) is 3.22. The molecule has 0 rings (SSSR count). The predicted molar refractivity (Wildman–Crippen MR) is 68.9 cm³/mol. The second-order valence-corrected chi connectivity index (χ2v) is 5.88. The van der Waals surface area contributed by atoms with E-state index in [0.717, 1.165) is 8.64 Å². The van der Waals surface area contributed by atoms with Gasteiger partial charge < -0.3 is 11.2 Å². The van der Waals surface area contributed by atoms with Crippen molar-refractivity contribution in [2.24, 2.45) is 0 Å². The zero-order valence-corrected chi connectivity index (χ0v) is 15.2. The van der Waals surface area contributed by atoms with Gasteiger partial charge in [0, 0.05) is 45.0 Å². The molecular weight excluding hydrogens is 310 g/mol. The van der Waals surface area contributed by atoms with Crippen LogP contribution in [0, 0.1) is 0 Å². The van der Waals surface area contributed by atoms with Crippen molar-refractivity contribution in [2.75, 3.05) is 28.2 Å². The van der Waals surface area contributed by atoms with Gasteiger partial charge in [-0.3, -0.25) is 0 Å². The second-order valence-electron chi connectivity index (χ2n) is 2.49. The molecule has 81 valence electrons. The maximum Gasteiger partial charge on any atom is 1.00 e. The molecule has 0 unspecified atom stereocenters. The van der Waals surface area contributed by atoms with Gasteiger partial charge in [-0.15, -0.1) is 0 Å². The zero-order chi connectivity index (χ0) is 9.72. The van der Waals surface area contributed by atoms with Gasteiger partial charge >= 0.3 is 29.6 Å². The Morgan fingerprint density at radius 1 is 0.929 bits per heavy atom. The molecule has 0 aromatic carbocycles. The Bertz CT molecular complexity index is 174. The summed E-state index contributed by atoms with van der Waals surface area (Å²) in [5, 5.41) is 0. The molecule has 0 aromatic rings. The van der Waals surface area contributed by atoms with E-state index >= 15 is 0 Å². The van der Waals surface area contributed by atoms with Gasteiger partial charge in [-0.25, -0.2) is 0 Å². The minimum atomic E-state index is 0. The summed E-state index contributed by atoms with van der Waals surface area (Å²) < 4.78 is 1.67. The number of hydrogen-bond acceptors (Lipinski definition) is 4. The molecular formula is C6H13CoN2NaS4. The average Bonchev–Trinajstić information content (AvgIpc) is 1.98. The number of thiocarbonyl (C=S) groups is 2. The van der Waals surface area contributed by atoms with Gasteiger partial charge in [0.1, 0.15) is 8.64 Å². The van der Waals surface area contributed by atoms with Crippen molar-refractivity contribution in [1.82, 2.24) is 9.80 Å². The van der Waals surface area contributed by atoms with Crippen LogP contribution in [0.5, 0.6) is 0 Å². The Morgan fingerprint density at radius 3 is 1.29 bits per heavy atom. The maximum absolute atomic E-state index is 5.07. The van der Waals surface area contributed by atoms with Crippen molar-refractivity contribution in [2.45, 2.75) is 0 Å². The largest absolute Gasteiger partial charge is 1.00 e. The summed E-state index contributed by atoms with van der Waals surface area (Å²) in [5.41, 5.74) is 0. The molecule has 0 N–H and O–H groups in total. The summed E-state index contributed by atoms with van der Waals surface area (Å²) in [6.45, 7) is 0. The van der Waals surface area contributed by atoms with E-state index in [1.165, 1.54) is 21.6 Å². The Labute approximate surface area is 139 Å². The minimum absolute atomic E-state index is 0. The second kappa shape index (κ2) is 11.5. The summed E-state index contributed by atoms with van der Waals surface area (Å²) >= 11 is 10.1. The molecule has 14 heavy (non-hydrogen) atoms. The summed E-state index contributed by atoms with van der Waals surface area (Å²) in [6, 6.07) is 0. The van der Waals surface area contributed by atoms with E-state index in [2.05, 4.69) is 0 Å². The number of hydrogen-bond donors (Lipinski definition) is 0. The molecule has 0 heterocycles. The van der Waals surface area contributed by atoms with Crippen LogP contribution < -0.4 is 29.6 Å². The molecule has 0 aliphatic carbocycles. The van der Waals surface area contributed by atoms with E-state index in [1.807, 2.05) is 38.0 Å². The topological polar surface area (TPSA) is 6.48 Å². The van der Waals surface area contributed by atoms with E-state index < -0.39 is 0 Å². The van der Waals surface area contributed by atoms with Crippen LogP contribution in [-0.4, -0.2) is 46.6 Å². The van der Waals surface area contributed by atoms with Crippen molar-refractivity contribution in [3.63, 3.8) is 0 Å². The minimum Gasteiger partial charge on any atom is -1.00 e. The van der Waals surface area contributed by atoms with Crippen LogP contribution in [0.25, 0.3) is 0 Å². The smallest absolute Gasteiger partial charge is 1.00 e. The van der Waals surface area contributed by atoms with Crippen LogP contribution in [-0.2, 0) is 16.8 Å². The Morgan fingerprint density at radius 2 is 1.14 bits per heavy atom. The number of rotatable bonds is 0. The van der Waals surface area contributed by atoms with E-state index in [1.54, 1.807) is 0 Å². The SMILES string of the molecule is CN(C)C(=S)SSC(=S)N(C)C.[Co].[H-].[Na+]. The Kier molecular flexibility index (Phi) is 17.4. The molecule has 0 saturated heterocycles. The molecule has 1 radical (unpaired) electrons. The summed E-state index contributed by atoms with van der Waals surface area (Å²) in [7, 11) is 10.7. The maximum atomic E-state index is 5.07. The fourth-order valence-corrected chi connectivity index (χ4v) is 2.60. The third-order valence-electron chi connectivity index (χ3n) is 0.915. The molecule has 2 nitrogen and oxygen atoms in total. The zero-order valence-electron chi connectivity index (χ0n) is 9.86. The molecule has 0 amide bonds. The molecule has 0 aliphatic heterocycles. The van der Waals surface area contributed by atoms with Crippen LogP contribution in [0.2, 0.25) is 0 Å². The Balaban J connectivity index is -0.000000202. The first kappa shape index (κ1) is 21.3. The van der Waals surface area contributed by atoms with Crippen LogP contribution in [0.15, 0.2) is 0 Å². The van der Waals surface area contributed by atoms with E-state index in [-0.39, 0.29) is 47.8 Å². The fourth-order valence-electron chi connectivity index (χ4n) is 0.220. The molecule has 0 fully saturated rings. The van der Waals surface area contributed by atoms with Crippen molar-refractivity contribution < 1.29 is 47.8 Å². The Hall–Kier alpha value is 1.99. The molecule has 8 heteroatoms.